The molecule has 0 unspecified atom stereocenters. The largest absolute Gasteiger partial charge is 0.493 e. The van der Waals surface area contributed by atoms with Crippen molar-refractivity contribution in [3.8, 4) is 34.5 Å². The van der Waals surface area contributed by atoms with Crippen LogP contribution in [-0.4, -0.2) is 51.5 Å². The lowest BCUT2D eigenvalue weighted by molar-refractivity contribution is -0.118. The monoisotopic (exact) mass is 1080 g/mol. The first kappa shape index (κ1) is 55.7. The van der Waals surface area contributed by atoms with Gasteiger partial charge in [0.1, 0.15) is 34.5 Å². The minimum atomic E-state index is -0.272. The van der Waals surface area contributed by atoms with Crippen molar-refractivity contribution >= 4 is 46.7 Å². The van der Waals surface area contributed by atoms with Crippen LogP contribution in [-0.2, 0) is 58.3 Å². The Morgan fingerprint density at radius 3 is 1.03 bits per heavy atom. The van der Waals surface area contributed by atoms with Gasteiger partial charge in [0, 0.05) is 82.3 Å². The average Bonchev–Trinajstić information content (AvgIpc) is 3.45. The van der Waals surface area contributed by atoms with E-state index in [9.17, 15) is 9.59 Å². The minimum absolute atomic E-state index is 0.162. The van der Waals surface area contributed by atoms with E-state index in [4.69, 9.17) is 28.4 Å². The predicted molar refractivity (Wildman–Crippen MR) is 318 cm³/mol. The van der Waals surface area contributed by atoms with Crippen LogP contribution < -0.4 is 39.1 Å². The van der Waals surface area contributed by atoms with Crippen LogP contribution in [0.15, 0.2) is 133 Å². The zero-order valence-corrected chi connectivity index (χ0v) is 47.1. The van der Waals surface area contributed by atoms with Gasteiger partial charge < -0.3 is 39.1 Å². The van der Waals surface area contributed by atoms with Gasteiger partial charge in [-0.15, -0.1) is 0 Å². The molecule has 0 radical (unpaired) electrons. The highest BCUT2D eigenvalue weighted by molar-refractivity contribution is 7.98. The number of carbonyl (C=O) groups excluding carboxylic acids is 2. The highest BCUT2D eigenvalue weighted by Gasteiger charge is 2.24. The third-order valence-corrected chi connectivity index (χ3v) is 15.5. The molecule has 78 heavy (non-hydrogen) atoms. The first-order chi connectivity index (χ1) is 38.2. The Hall–Kier alpha value is -7.02. The quantitative estimate of drug-likeness (QED) is 0.123. The van der Waals surface area contributed by atoms with Gasteiger partial charge >= 0.3 is 0 Å². The number of rotatable bonds is 12. The molecule has 0 saturated carbocycles. The van der Waals surface area contributed by atoms with Crippen LogP contribution >= 0.6 is 23.5 Å². The van der Waals surface area contributed by atoms with E-state index in [-0.39, 0.29) is 25.0 Å². The number of benzene rings is 7. The number of hydrogen-bond donors (Lipinski definition) is 2. The van der Waals surface area contributed by atoms with Crippen molar-refractivity contribution in [1.29, 1.82) is 0 Å². The number of ether oxygens (including phenoxy) is 6. The molecule has 10 nitrogen and oxygen atoms in total. The number of thioether (sulfide) groups is 2. The van der Waals surface area contributed by atoms with E-state index < -0.39 is 0 Å². The second kappa shape index (κ2) is 28.0. The molecule has 0 atom stereocenters. The fourth-order valence-corrected chi connectivity index (χ4v) is 11.7. The number of hydrogen-bond acceptors (Lipinski definition) is 10. The first-order valence-corrected chi connectivity index (χ1v) is 29.9. The number of para-hydroxylation sites is 2. The van der Waals surface area contributed by atoms with Gasteiger partial charge in [-0.3, -0.25) is 9.59 Å². The summed E-state index contributed by atoms with van der Waals surface area (Å²) < 4.78 is 39.3. The minimum Gasteiger partial charge on any atom is -0.493 e. The predicted octanol–water partition coefficient (Wildman–Crippen LogP) is 14.7. The second-order valence-corrected chi connectivity index (χ2v) is 21.9. The molecule has 6 aliphatic rings. The standard InChI is InChI=1S/C66H72N2O8S2/c1-5-26-71-63-49-14-10-15-50(63)32-54-36-58-38-56(66(54)74-29-8-4)34-52-17-11-16-51(64(52)72-27-6-2)33-55-37-57(35-53(31-49)65(55)73-28-7-3)67-61(69)39-75-59-22-18-45(19-23-59)41-77-43-47-12-9-13-48(30-47)44-78-42-46-20-24-60(25-21-46)76-40-62(70)68-58/h9-25,30,35-38H,5-8,26-29,31-34,39-44H2,1-4H3,(H,67,69)(H,68,70). The third-order valence-electron chi connectivity index (χ3n) is 13.4. The summed E-state index contributed by atoms with van der Waals surface area (Å²) in [7, 11) is 0. The Morgan fingerprint density at radius 1 is 0.385 bits per heavy atom. The fourth-order valence-electron chi connectivity index (χ4n) is 9.83. The number of carbonyl (C=O) groups is 2. The second-order valence-electron chi connectivity index (χ2n) is 19.9. The van der Waals surface area contributed by atoms with Crippen LogP contribution in [0.25, 0.3) is 0 Å². The SMILES string of the molecule is CCCOc1c2cccc1Cc1cc3cc(c1OCCC)Cc1cccc(c1OCCC)Cc1cc(cc(c1OCCC)C2)NC(=O)COc1ccc(cc1)CSCc1cccc(c1)CSCc1ccc(cc1)OCC(=O)N3. The van der Waals surface area contributed by atoms with E-state index in [1.165, 1.54) is 22.3 Å². The number of fused-ring (bicyclic) bond motifs is 1. The van der Waals surface area contributed by atoms with E-state index in [2.05, 4.69) is 123 Å². The summed E-state index contributed by atoms with van der Waals surface area (Å²) >= 11 is 3.74. The van der Waals surface area contributed by atoms with E-state index in [1.54, 1.807) is 0 Å². The van der Waals surface area contributed by atoms with Crippen molar-refractivity contribution < 1.29 is 38.0 Å². The van der Waals surface area contributed by atoms with Gasteiger partial charge in [0.05, 0.1) is 26.4 Å². The zero-order chi connectivity index (χ0) is 54.1. The first-order valence-electron chi connectivity index (χ1n) is 27.6. The van der Waals surface area contributed by atoms with Crippen molar-refractivity contribution in [3.63, 3.8) is 0 Å². The Kier molecular flexibility index (Phi) is 20.0. The van der Waals surface area contributed by atoms with Crippen molar-refractivity contribution in [2.24, 2.45) is 0 Å². The number of anilines is 2. The normalized spacial score (nSPS) is 14.2. The molecule has 406 valence electrons. The van der Waals surface area contributed by atoms with Crippen LogP contribution in [0.2, 0.25) is 0 Å². The van der Waals surface area contributed by atoms with Crippen LogP contribution in [0.4, 0.5) is 11.4 Å². The van der Waals surface area contributed by atoms with Crippen molar-refractivity contribution in [1.82, 2.24) is 0 Å². The Balaban J connectivity index is 1.15. The van der Waals surface area contributed by atoms with E-state index >= 15 is 0 Å². The molecular formula is C66H72N2O8S2. The average molecular weight is 1090 g/mol. The summed E-state index contributed by atoms with van der Waals surface area (Å²) in [5.74, 6) is 7.34. The van der Waals surface area contributed by atoms with E-state index in [0.29, 0.717) is 75.0 Å². The molecule has 0 saturated heterocycles. The molecule has 5 aliphatic heterocycles. The molecule has 0 spiro atoms. The van der Waals surface area contributed by atoms with E-state index in [1.807, 2.05) is 72.1 Å². The summed E-state index contributed by atoms with van der Waals surface area (Å²) in [4.78, 5) is 27.9. The van der Waals surface area contributed by atoms with Crippen LogP contribution in [0.1, 0.15) is 120 Å². The van der Waals surface area contributed by atoms with Gasteiger partial charge in [-0.05, 0) is 119 Å². The molecule has 0 fully saturated rings. The molecule has 16 bridgehead atoms. The van der Waals surface area contributed by atoms with Gasteiger partial charge in [-0.25, -0.2) is 0 Å². The summed E-state index contributed by atoms with van der Waals surface area (Å²) in [6, 6.07) is 45.6. The fraction of sp³-hybridized carbons (Fsp3) is 0.333. The van der Waals surface area contributed by atoms with Gasteiger partial charge in [0.15, 0.2) is 13.2 Å². The summed E-state index contributed by atoms with van der Waals surface area (Å²) in [6.45, 7) is 10.2. The molecule has 0 aromatic heterocycles. The molecule has 13 rings (SSSR count). The van der Waals surface area contributed by atoms with Crippen molar-refractivity contribution in [2.75, 3.05) is 50.3 Å². The Bertz CT molecular complexity index is 2850. The molecule has 5 heterocycles. The Labute approximate surface area is 469 Å². The lowest BCUT2D eigenvalue weighted by atomic mass is 9.90. The molecule has 2 N–H and O–H groups in total. The highest BCUT2D eigenvalue weighted by atomic mass is 32.2. The zero-order valence-electron chi connectivity index (χ0n) is 45.5. The van der Waals surface area contributed by atoms with E-state index in [0.717, 1.165) is 116 Å². The third kappa shape index (κ3) is 15.2. The summed E-state index contributed by atoms with van der Waals surface area (Å²) in [5, 5.41) is 6.41. The van der Waals surface area contributed by atoms with Gasteiger partial charge in [-0.2, -0.15) is 23.5 Å². The maximum Gasteiger partial charge on any atom is 0.262 e. The highest BCUT2D eigenvalue weighted by Crippen LogP contribution is 2.41. The lowest BCUT2D eigenvalue weighted by Crippen LogP contribution is -2.20. The lowest BCUT2D eigenvalue weighted by Gasteiger charge is -2.24. The smallest absolute Gasteiger partial charge is 0.262 e. The molecule has 2 amide bonds. The maximum atomic E-state index is 13.9. The molecule has 12 heteroatoms. The Morgan fingerprint density at radius 2 is 0.692 bits per heavy atom. The van der Waals surface area contributed by atoms with Crippen molar-refractivity contribution in [3.05, 3.63) is 200 Å². The van der Waals surface area contributed by atoms with Gasteiger partial charge in [0.25, 0.3) is 11.8 Å². The molecule has 7 aromatic rings. The molecular weight excluding hydrogens is 1010 g/mol. The summed E-state index contributed by atoms with van der Waals surface area (Å²) in [5.41, 5.74) is 13.8. The number of nitrogens with one attached hydrogen (secondary N) is 2. The number of amides is 2. The van der Waals surface area contributed by atoms with Gasteiger partial charge in [0.2, 0.25) is 0 Å². The molecule has 1 aliphatic carbocycles. The van der Waals surface area contributed by atoms with Crippen LogP contribution in [0.3, 0.4) is 0 Å². The van der Waals surface area contributed by atoms with Crippen LogP contribution in [0, 0.1) is 0 Å². The topological polar surface area (TPSA) is 114 Å². The molecule has 7 aromatic carbocycles. The summed E-state index contributed by atoms with van der Waals surface area (Å²) in [6.07, 6.45) is 5.07. The van der Waals surface area contributed by atoms with Gasteiger partial charge in [-0.1, -0.05) is 113 Å². The van der Waals surface area contributed by atoms with Crippen LogP contribution in [0.5, 0.6) is 34.5 Å². The van der Waals surface area contributed by atoms with Crippen molar-refractivity contribution in [2.45, 2.75) is 102 Å². The maximum absolute atomic E-state index is 13.9.